The SMILES string of the molecule is O[C@H]1[C@H](NCCc2cccc(F)c2)c2ccccc2C12CCNCC2. The molecule has 2 aliphatic rings. The van der Waals surface area contributed by atoms with Crippen LogP contribution in [0.2, 0.25) is 0 Å². The Hall–Kier alpha value is -1.75. The predicted molar refractivity (Wildman–Crippen MR) is 97.1 cm³/mol. The third-order valence-corrected chi connectivity index (χ3v) is 5.88. The van der Waals surface area contributed by atoms with Gasteiger partial charge in [-0.2, -0.15) is 0 Å². The summed E-state index contributed by atoms with van der Waals surface area (Å²) in [4.78, 5) is 0. The highest BCUT2D eigenvalue weighted by Gasteiger charge is 2.51. The first-order valence-corrected chi connectivity index (χ1v) is 9.17. The first kappa shape index (κ1) is 16.7. The van der Waals surface area contributed by atoms with Gasteiger partial charge in [-0.05, 0) is 67.7 Å². The number of hydrogen-bond acceptors (Lipinski definition) is 3. The maximum absolute atomic E-state index is 13.3. The average Bonchev–Trinajstić information content (AvgIpc) is 2.86. The van der Waals surface area contributed by atoms with Crippen molar-refractivity contribution in [2.45, 2.75) is 36.8 Å². The number of fused-ring (bicyclic) bond motifs is 2. The van der Waals surface area contributed by atoms with E-state index in [1.54, 1.807) is 12.1 Å². The van der Waals surface area contributed by atoms with Gasteiger partial charge in [-0.1, -0.05) is 36.4 Å². The molecule has 1 saturated heterocycles. The molecule has 0 bridgehead atoms. The van der Waals surface area contributed by atoms with Gasteiger partial charge in [0, 0.05) is 5.41 Å². The highest BCUT2D eigenvalue weighted by atomic mass is 19.1. The molecule has 1 fully saturated rings. The molecule has 4 heteroatoms. The number of aliphatic hydroxyl groups excluding tert-OH is 1. The Morgan fingerprint density at radius 3 is 2.72 bits per heavy atom. The molecular weight excluding hydrogens is 315 g/mol. The summed E-state index contributed by atoms with van der Waals surface area (Å²) in [5.41, 5.74) is 3.35. The zero-order valence-electron chi connectivity index (χ0n) is 14.3. The minimum atomic E-state index is -0.417. The lowest BCUT2D eigenvalue weighted by Crippen LogP contribution is -2.48. The van der Waals surface area contributed by atoms with E-state index in [-0.39, 0.29) is 17.3 Å². The molecule has 4 rings (SSSR count). The molecule has 1 aliphatic heterocycles. The van der Waals surface area contributed by atoms with Gasteiger partial charge in [0.1, 0.15) is 5.82 Å². The molecule has 2 aromatic carbocycles. The van der Waals surface area contributed by atoms with Crippen molar-refractivity contribution < 1.29 is 9.50 Å². The van der Waals surface area contributed by atoms with Crippen molar-refractivity contribution in [2.24, 2.45) is 0 Å². The number of nitrogens with one attached hydrogen (secondary N) is 2. The fourth-order valence-corrected chi connectivity index (χ4v) is 4.59. The van der Waals surface area contributed by atoms with Crippen LogP contribution in [0.3, 0.4) is 0 Å². The molecule has 1 spiro atoms. The van der Waals surface area contributed by atoms with Crippen LogP contribution in [0.4, 0.5) is 4.39 Å². The average molecular weight is 340 g/mol. The molecule has 3 nitrogen and oxygen atoms in total. The first-order valence-electron chi connectivity index (χ1n) is 9.17. The van der Waals surface area contributed by atoms with Crippen molar-refractivity contribution in [1.82, 2.24) is 10.6 Å². The minimum absolute atomic E-state index is 0.0529. The number of halogens is 1. The number of hydrogen-bond donors (Lipinski definition) is 3. The molecule has 0 radical (unpaired) electrons. The zero-order valence-corrected chi connectivity index (χ0v) is 14.3. The summed E-state index contributed by atoms with van der Waals surface area (Å²) in [5, 5.41) is 18.1. The van der Waals surface area contributed by atoms with Crippen LogP contribution < -0.4 is 10.6 Å². The molecule has 2 aromatic rings. The molecule has 1 aliphatic carbocycles. The summed E-state index contributed by atoms with van der Waals surface area (Å²) in [6, 6.07) is 15.1. The Morgan fingerprint density at radius 1 is 1.12 bits per heavy atom. The lowest BCUT2D eigenvalue weighted by molar-refractivity contribution is 0.0445. The van der Waals surface area contributed by atoms with E-state index >= 15 is 0 Å². The number of benzene rings is 2. The van der Waals surface area contributed by atoms with E-state index in [1.165, 1.54) is 17.2 Å². The second kappa shape index (κ2) is 6.87. The molecule has 25 heavy (non-hydrogen) atoms. The van der Waals surface area contributed by atoms with Crippen molar-refractivity contribution in [1.29, 1.82) is 0 Å². The van der Waals surface area contributed by atoms with E-state index in [4.69, 9.17) is 0 Å². The molecule has 0 saturated carbocycles. The third kappa shape index (κ3) is 2.99. The van der Waals surface area contributed by atoms with Crippen molar-refractivity contribution >= 4 is 0 Å². The van der Waals surface area contributed by atoms with Crippen molar-refractivity contribution in [3.63, 3.8) is 0 Å². The minimum Gasteiger partial charge on any atom is -0.390 e. The fraction of sp³-hybridized carbons (Fsp3) is 0.429. The van der Waals surface area contributed by atoms with E-state index in [0.717, 1.165) is 37.9 Å². The van der Waals surface area contributed by atoms with Gasteiger partial charge in [0.25, 0.3) is 0 Å². The lowest BCUT2D eigenvalue weighted by atomic mass is 9.72. The van der Waals surface area contributed by atoms with Crippen LogP contribution in [0, 0.1) is 5.82 Å². The molecule has 1 heterocycles. The normalized spacial score (nSPS) is 24.4. The topological polar surface area (TPSA) is 44.3 Å². The monoisotopic (exact) mass is 340 g/mol. The van der Waals surface area contributed by atoms with Crippen molar-refractivity contribution in [2.75, 3.05) is 19.6 Å². The van der Waals surface area contributed by atoms with Crippen LogP contribution in [-0.2, 0) is 11.8 Å². The Labute approximate surface area is 148 Å². The lowest BCUT2D eigenvalue weighted by Gasteiger charge is -2.39. The van der Waals surface area contributed by atoms with Crippen molar-refractivity contribution in [3.8, 4) is 0 Å². The Morgan fingerprint density at radius 2 is 1.92 bits per heavy atom. The molecule has 3 N–H and O–H groups in total. The van der Waals surface area contributed by atoms with Gasteiger partial charge >= 0.3 is 0 Å². The van der Waals surface area contributed by atoms with E-state index in [1.807, 2.05) is 12.1 Å². The number of piperidine rings is 1. The number of aliphatic hydroxyl groups is 1. The van der Waals surface area contributed by atoms with Crippen LogP contribution in [0.5, 0.6) is 0 Å². The summed E-state index contributed by atoms with van der Waals surface area (Å²) >= 11 is 0. The molecule has 0 unspecified atom stereocenters. The highest BCUT2D eigenvalue weighted by Crippen LogP contribution is 2.49. The van der Waals surface area contributed by atoms with E-state index in [0.29, 0.717) is 6.54 Å². The number of rotatable bonds is 4. The van der Waals surface area contributed by atoms with Gasteiger partial charge < -0.3 is 15.7 Å². The Balaban J connectivity index is 1.52. The fourth-order valence-electron chi connectivity index (χ4n) is 4.59. The summed E-state index contributed by atoms with van der Waals surface area (Å²) < 4.78 is 13.3. The largest absolute Gasteiger partial charge is 0.390 e. The van der Waals surface area contributed by atoms with Crippen LogP contribution in [-0.4, -0.2) is 30.8 Å². The van der Waals surface area contributed by atoms with E-state index in [9.17, 15) is 9.50 Å². The van der Waals surface area contributed by atoms with Gasteiger partial charge in [-0.15, -0.1) is 0 Å². The van der Waals surface area contributed by atoms with Crippen molar-refractivity contribution in [3.05, 3.63) is 71.0 Å². The van der Waals surface area contributed by atoms with E-state index < -0.39 is 6.10 Å². The van der Waals surface area contributed by atoms with Gasteiger partial charge in [0.15, 0.2) is 0 Å². The smallest absolute Gasteiger partial charge is 0.123 e. The van der Waals surface area contributed by atoms with Crippen LogP contribution in [0.25, 0.3) is 0 Å². The first-order chi connectivity index (χ1) is 12.2. The molecule has 0 amide bonds. The standard InChI is InChI=1S/C21H25FN2O/c22-16-5-3-4-15(14-16)8-11-24-19-17-6-1-2-7-18(17)21(20(19)25)9-12-23-13-10-21/h1-7,14,19-20,23-25H,8-13H2/t19-,20+/m1/s1. The van der Waals surface area contributed by atoms with Gasteiger partial charge in [-0.3, -0.25) is 0 Å². The summed E-state index contributed by atoms with van der Waals surface area (Å²) in [7, 11) is 0. The Bertz CT molecular complexity index is 742. The maximum atomic E-state index is 13.3. The van der Waals surface area contributed by atoms with Gasteiger partial charge in [0.05, 0.1) is 12.1 Å². The second-order valence-corrected chi connectivity index (χ2v) is 7.25. The third-order valence-electron chi connectivity index (χ3n) is 5.88. The molecule has 2 atom stereocenters. The summed E-state index contributed by atoms with van der Waals surface area (Å²) in [6.45, 7) is 2.61. The maximum Gasteiger partial charge on any atom is 0.123 e. The van der Waals surface area contributed by atoms with Crippen LogP contribution in [0.1, 0.15) is 35.6 Å². The zero-order chi connectivity index (χ0) is 17.3. The van der Waals surface area contributed by atoms with Crippen LogP contribution in [0.15, 0.2) is 48.5 Å². The quantitative estimate of drug-likeness (QED) is 0.802. The van der Waals surface area contributed by atoms with E-state index in [2.05, 4.69) is 28.8 Å². The Kier molecular flexibility index (Phi) is 4.59. The predicted octanol–water partition coefficient (Wildman–Crippen LogP) is 2.69. The van der Waals surface area contributed by atoms with Gasteiger partial charge in [0.2, 0.25) is 0 Å². The second-order valence-electron chi connectivity index (χ2n) is 7.25. The highest BCUT2D eigenvalue weighted by molar-refractivity contribution is 5.45. The summed E-state index contributed by atoms with van der Waals surface area (Å²) in [6.07, 6.45) is 2.26. The molecule has 132 valence electrons. The molecular formula is C21H25FN2O. The molecule has 0 aromatic heterocycles. The van der Waals surface area contributed by atoms with Crippen LogP contribution >= 0.6 is 0 Å². The summed E-state index contributed by atoms with van der Waals surface area (Å²) in [5.74, 6) is -0.197. The van der Waals surface area contributed by atoms with Gasteiger partial charge in [-0.25, -0.2) is 4.39 Å².